The molecule has 12 aromatic rings. The zero-order valence-electron chi connectivity index (χ0n) is 29.8. The molecule has 256 valence electrons. The van der Waals surface area contributed by atoms with Gasteiger partial charge in [0.2, 0.25) is 0 Å². The number of hydrogen-bond acceptors (Lipinski definition) is 1. The van der Waals surface area contributed by atoms with E-state index < -0.39 is 0 Å². The van der Waals surface area contributed by atoms with Crippen LogP contribution in [-0.4, -0.2) is 9.13 Å². The maximum Gasteiger partial charge on any atom is 0.0720 e. The predicted molar refractivity (Wildman–Crippen MR) is 236 cm³/mol. The van der Waals surface area contributed by atoms with E-state index in [0.717, 1.165) is 5.69 Å². The van der Waals surface area contributed by atoms with Crippen LogP contribution in [0.3, 0.4) is 0 Å². The summed E-state index contributed by atoms with van der Waals surface area (Å²) in [6, 6.07) is 71.4. The number of benzene rings is 9. The van der Waals surface area contributed by atoms with Gasteiger partial charge in [0.05, 0.1) is 32.5 Å². The molecule has 55 heavy (non-hydrogen) atoms. The van der Waals surface area contributed by atoms with Crippen molar-refractivity contribution in [2.75, 3.05) is 0 Å². The van der Waals surface area contributed by atoms with Crippen molar-refractivity contribution in [1.82, 2.24) is 9.13 Å². The smallest absolute Gasteiger partial charge is 0.0720 e. The molecule has 0 saturated heterocycles. The SMILES string of the molecule is c1ccc(-c2cccc(-n3c4ccccc4c4cc(-c5ccc6c(c5)c5ccc7c8ccccc8sc7c5n6-c5cccc6ccccc56)ccc43)c2)cc1. The van der Waals surface area contributed by atoms with Gasteiger partial charge in [0.1, 0.15) is 0 Å². The second-order valence-electron chi connectivity index (χ2n) is 14.5. The topological polar surface area (TPSA) is 9.86 Å². The highest BCUT2D eigenvalue weighted by atomic mass is 32.1. The lowest BCUT2D eigenvalue weighted by atomic mass is 10.0. The van der Waals surface area contributed by atoms with Crippen molar-refractivity contribution in [3.63, 3.8) is 0 Å². The normalized spacial score (nSPS) is 12.0. The van der Waals surface area contributed by atoms with E-state index in [2.05, 4.69) is 203 Å². The van der Waals surface area contributed by atoms with Crippen LogP contribution in [0.4, 0.5) is 0 Å². The van der Waals surface area contributed by atoms with E-state index in [1.807, 2.05) is 11.3 Å². The fourth-order valence-corrected chi connectivity index (χ4v) is 10.2. The lowest BCUT2D eigenvalue weighted by molar-refractivity contribution is 1.18. The molecule has 3 aromatic heterocycles. The van der Waals surface area contributed by atoms with E-state index in [-0.39, 0.29) is 0 Å². The van der Waals surface area contributed by atoms with E-state index >= 15 is 0 Å². The summed E-state index contributed by atoms with van der Waals surface area (Å²) in [5, 5.41) is 10.2. The first-order chi connectivity index (χ1) is 27.3. The Balaban J connectivity index is 1.09. The van der Waals surface area contributed by atoms with Crippen molar-refractivity contribution in [3.8, 4) is 33.6 Å². The molecule has 0 atom stereocenters. The highest BCUT2D eigenvalue weighted by Gasteiger charge is 2.20. The Morgan fingerprint density at radius 1 is 0.327 bits per heavy atom. The van der Waals surface area contributed by atoms with Crippen molar-refractivity contribution < 1.29 is 0 Å². The number of rotatable bonds is 4. The molecule has 3 heteroatoms. The zero-order chi connectivity index (χ0) is 36.0. The largest absolute Gasteiger partial charge is 0.309 e. The Kier molecular flexibility index (Phi) is 6.54. The first kappa shape index (κ1) is 30.5. The van der Waals surface area contributed by atoms with Gasteiger partial charge in [-0.25, -0.2) is 0 Å². The van der Waals surface area contributed by atoms with Crippen molar-refractivity contribution in [2.45, 2.75) is 0 Å². The third-order valence-corrected chi connectivity index (χ3v) is 12.7. The van der Waals surface area contributed by atoms with Gasteiger partial charge in [-0.2, -0.15) is 0 Å². The molecule has 0 fully saturated rings. The average Bonchev–Trinajstić information content (AvgIpc) is 3.91. The van der Waals surface area contributed by atoms with Gasteiger partial charge in [-0.3, -0.25) is 0 Å². The van der Waals surface area contributed by atoms with Crippen LogP contribution >= 0.6 is 11.3 Å². The molecule has 0 aliphatic rings. The van der Waals surface area contributed by atoms with Crippen LogP contribution in [0.25, 0.3) is 108 Å². The molecule has 9 aromatic carbocycles. The molecule has 0 N–H and O–H groups in total. The number of aromatic nitrogens is 2. The second kappa shape index (κ2) is 11.8. The Bertz CT molecular complexity index is 3480. The quantitative estimate of drug-likeness (QED) is 0.172. The predicted octanol–water partition coefficient (Wildman–Crippen LogP) is 14.7. The van der Waals surface area contributed by atoms with E-state index in [1.165, 1.54) is 102 Å². The van der Waals surface area contributed by atoms with Crippen molar-refractivity contribution in [2.24, 2.45) is 0 Å². The van der Waals surface area contributed by atoms with Crippen LogP contribution in [0.2, 0.25) is 0 Å². The van der Waals surface area contributed by atoms with E-state index in [0.29, 0.717) is 0 Å². The number of fused-ring (bicyclic) bond motifs is 11. The van der Waals surface area contributed by atoms with Crippen molar-refractivity contribution in [3.05, 3.63) is 194 Å². The van der Waals surface area contributed by atoms with Crippen molar-refractivity contribution in [1.29, 1.82) is 0 Å². The molecule has 0 aliphatic carbocycles. The summed E-state index contributed by atoms with van der Waals surface area (Å²) in [5.41, 5.74) is 12.1. The molecule has 2 nitrogen and oxygen atoms in total. The molecule has 12 rings (SSSR count). The zero-order valence-corrected chi connectivity index (χ0v) is 30.6. The highest BCUT2D eigenvalue weighted by molar-refractivity contribution is 7.26. The number of nitrogens with zero attached hydrogens (tertiary/aromatic N) is 2. The fraction of sp³-hybridized carbons (Fsp3) is 0. The lowest BCUT2D eigenvalue weighted by Gasteiger charge is -2.12. The highest BCUT2D eigenvalue weighted by Crippen LogP contribution is 2.45. The standard InChI is InChI=1S/C52H32N2S/c1-2-12-33(13-3-1)35-16-10-17-38(30-35)53-47-21-8-6-19-40(47)44-31-36(24-28-48(44)53)37-25-29-49-45(32-37)42-26-27-43-41-20-7-9-23-50(41)55-52(43)51(42)54(49)46-22-11-15-34-14-4-5-18-39(34)46/h1-32H. The molecular weight excluding hydrogens is 685 g/mol. The van der Waals surface area contributed by atoms with Crippen LogP contribution in [0.5, 0.6) is 0 Å². The summed E-state index contributed by atoms with van der Waals surface area (Å²) < 4.78 is 7.59. The van der Waals surface area contributed by atoms with Gasteiger partial charge in [0.15, 0.2) is 0 Å². The van der Waals surface area contributed by atoms with Gasteiger partial charge in [-0.05, 0) is 82.2 Å². The summed E-state index contributed by atoms with van der Waals surface area (Å²) in [6.45, 7) is 0. The van der Waals surface area contributed by atoms with Crippen LogP contribution in [0, 0.1) is 0 Å². The summed E-state index contributed by atoms with van der Waals surface area (Å²) in [7, 11) is 0. The summed E-state index contributed by atoms with van der Waals surface area (Å²) >= 11 is 1.90. The Morgan fingerprint density at radius 2 is 0.927 bits per heavy atom. The van der Waals surface area contributed by atoms with E-state index in [1.54, 1.807) is 0 Å². The third kappa shape index (κ3) is 4.54. The minimum absolute atomic E-state index is 1.16. The monoisotopic (exact) mass is 716 g/mol. The number of para-hydroxylation sites is 1. The average molecular weight is 717 g/mol. The first-order valence-electron chi connectivity index (χ1n) is 18.8. The molecule has 0 aliphatic heterocycles. The fourth-order valence-electron chi connectivity index (χ4n) is 9.00. The van der Waals surface area contributed by atoms with Crippen molar-refractivity contribution >= 4 is 85.9 Å². The Labute approximate surface area is 321 Å². The summed E-state index contributed by atoms with van der Waals surface area (Å²) in [5.74, 6) is 0. The van der Waals surface area contributed by atoms with Gasteiger partial charge in [-0.1, -0.05) is 140 Å². The summed E-state index contributed by atoms with van der Waals surface area (Å²) in [4.78, 5) is 0. The minimum Gasteiger partial charge on any atom is -0.309 e. The third-order valence-electron chi connectivity index (χ3n) is 11.5. The summed E-state index contributed by atoms with van der Waals surface area (Å²) in [6.07, 6.45) is 0. The molecular formula is C52H32N2S. The Hall–Kier alpha value is -6.94. The maximum atomic E-state index is 2.52. The first-order valence-corrected chi connectivity index (χ1v) is 19.7. The molecule has 3 heterocycles. The van der Waals surface area contributed by atoms with Gasteiger partial charge >= 0.3 is 0 Å². The van der Waals surface area contributed by atoms with Gasteiger partial charge in [-0.15, -0.1) is 11.3 Å². The van der Waals surface area contributed by atoms with Crippen LogP contribution in [-0.2, 0) is 0 Å². The van der Waals surface area contributed by atoms with Gasteiger partial charge < -0.3 is 9.13 Å². The van der Waals surface area contributed by atoms with Crippen LogP contribution in [0.1, 0.15) is 0 Å². The molecule has 0 bridgehead atoms. The van der Waals surface area contributed by atoms with Gasteiger partial charge in [0.25, 0.3) is 0 Å². The second-order valence-corrected chi connectivity index (χ2v) is 15.6. The molecule has 0 saturated carbocycles. The Morgan fingerprint density at radius 3 is 1.78 bits per heavy atom. The van der Waals surface area contributed by atoms with Gasteiger partial charge in [0, 0.05) is 48.1 Å². The molecule has 0 spiro atoms. The van der Waals surface area contributed by atoms with Crippen LogP contribution < -0.4 is 0 Å². The molecule has 0 amide bonds. The maximum absolute atomic E-state index is 2.52. The molecule has 0 radical (unpaired) electrons. The lowest BCUT2D eigenvalue weighted by Crippen LogP contribution is -1.95. The van der Waals surface area contributed by atoms with Crippen LogP contribution in [0.15, 0.2) is 194 Å². The van der Waals surface area contributed by atoms with E-state index in [4.69, 9.17) is 0 Å². The molecule has 0 unspecified atom stereocenters. The number of hydrogen-bond donors (Lipinski definition) is 0. The van der Waals surface area contributed by atoms with E-state index in [9.17, 15) is 0 Å². The number of thiophene rings is 1. The minimum atomic E-state index is 1.16.